The molecule has 4 nitrogen and oxygen atoms in total. The standard InChI is InChI=1S/C10H23N2O2PSi/c1-6-13-15(14-7-2,10-8-9-11)12-16(3,4)5/h6-8,10H2,1-5H3. The molecule has 0 aliphatic heterocycles. The molecule has 0 atom stereocenters. The average molecular weight is 262 g/mol. The molecule has 0 aliphatic carbocycles. The summed E-state index contributed by atoms with van der Waals surface area (Å²) in [6, 6.07) is 2.15. The van der Waals surface area contributed by atoms with E-state index in [-0.39, 0.29) is 0 Å². The minimum absolute atomic E-state index is 0.446. The number of hydrogen-bond donors (Lipinski definition) is 0. The Morgan fingerprint density at radius 1 is 1.19 bits per heavy atom. The van der Waals surface area contributed by atoms with Crippen molar-refractivity contribution in [1.82, 2.24) is 0 Å². The van der Waals surface area contributed by atoms with Crippen molar-refractivity contribution in [3.8, 4) is 6.07 Å². The molecule has 16 heavy (non-hydrogen) atoms. The van der Waals surface area contributed by atoms with Crippen LogP contribution in [0, 0.1) is 11.3 Å². The molecule has 0 aliphatic rings. The van der Waals surface area contributed by atoms with Crippen molar-refractivity contribution in [2.24, 2.45) is 4.41 Å². The summed E-state index contributed by atoms with van der Waals surface area (Å²) in [6.45, 7) is 11.5. The van der Waals surface area contributed by atoms with E-state index in [1.807, 2.05) is 13.8 Å². The SMILES string of the molecule is CCOP(CCC#N)(=N[Si](C)(C)C)OCC. The van der Waals surface area contributed by atoms with Crippen LogP contribution in [0.2, 0.25) is 19.6 Å². The largest absolute Gasteiger partial charge is 0.325 e. The van der Waals surface area contributed by atoms with Crippen molar-refractivity contribution in [2.75, 3.05) is 19.4 Å². The Morgan fingerprint density at radius 3 is 2.00 bits per heavy atom. The maximum absolute atomic E-state index is 8.69. The van der Waals surface area contributed by atoms with Gasteiger partial charge in [-0.1, -0.05) is 0 Å². The molecule has 0 aromatic rings. The molecular weight excluding hydrogens is 239 g/mol. The molecule has 0 aromatic heterocycles. The van der Waals surface area contributed by atoms with Gasteiger partial charge in [0.2, 0.25) is 7.51 Å². The molecule has 0 radical (unpaired) electrons. The lowest BCUT2D eigenvalue weighted by atomic mass is 10.6. The fourth-order valence-electron chi connectivity index (χ4n) is 1.33. The van der Waals surface area contributed by atoms with Crippen LogP contribution in [0.25, 0.3) is 0 Å². The summed E-state index contributed by atoms with van der Waals surface area (Å²) in [5.74, 6) is 0. The van der Waals surface area contributed by atoms with E-state index in [4.69, 9.17) is 18.7 Å². The number of rotatable bonds is 7. The van der Waals surface area contributed by atoms with Crippen molar-refractivity contribution in [3.05, 3.63) is 0 Å². The lowest BCUT2D eigenvalue weighted by Crippen LogP contribution is -2.18. The molecule has 94 valence electrons. The summed E-state index contributed by atoms with van der Waals surface area (Å²) in [5.41, 5.74) is 0. The van der Waals surface area contributed by atoms with Gasteiger partial charge in [0, 0.05) is 12.6 Å². The smallest absolute Gasteiger partial charge is 0.204 e. The highest BCUT2D eigenvalue weighted by molar-refractivity contribution is 7.57. The van der Waals surface area contributed by atoms with Gasteiger partial charge in [-0.2, -0.15) is 5.26 Å². The van der Waals surface area contributed by atoms with Crippen molar-refractivity contribution >= 4 is 15.7 Å². The molecule has 0 rings (SSSR count). The zero-order chi connectivity index (χ0) is 12.7. The van der Waals surface area contributed by atoms with Gasteiger partial charge in [0.15, 0.2) is 8.24 Å². The van der Waals surface area contributed by atoms with Gasteiger partial charge in [0.1, 0.15) is 0 Å². The lowest BCUT2D eigenvalue weighted by molar-refractivity contribution is 0.259. The van der Waals surface area contributed by atoms with Gasteiger partial charge in [-0.05, 0) is 33.5 Å². The molecule has 0 bridgehead atoms. The first-order valence-electron chi connectivity index (χ1n) is 5.67. The first kappa shape index (κ1) is 15.9. The molecule has 0 saturated carbocycles. The molecule has 0 fully saturated rings. The minimum Gasteiger partial charge on any atom is -0.325 e. The fraction of sp³-hybridized carbons (Fsp3) is 0.900. The summed E-state index contributed by atoms with van der Waals surface area (Å²) >= 11 is 0. The van der Waals surface area contributed by atoms with Crippen LogP contribution in [0.3, 0.4) is 0 Å². The number of nitriles is 1. The Bertz CT molecular complexity index is 284. The van der Waals surface area contributed by atoms with E-state index < -0.39 is 15.7 Å². The second-order valence-electron chi connectivity index (χ2n) is 4.38. The number of hydrogen-bond acceptors (Lipinski definition) is 4. The van der Waals surface area contributed by atoms with Gasteiger partial charge in [-0.15, -0.1) is 0 Å². The Balaban J connectivity index is 5.08. The van der Waals surface area contributed by atoms with Crippen LogP contribution < -0.4 is 0 Å². The summed E-state index contributed by atoms with van der Waals surface area (Å²) < 4.78 is 16.3. The van der Waals surface area contributed by atoms with E-state index in [1.165, 1.54) is 0 Å². The van der Waals surface area contributed by atoms with Crippen LogP contribution >= 0.6 is 7.51 Å². The predicted octanol–water partition coefficient (Wildman–Crippen LogP) is 3.84. The third-order valence-electron chi connectivity index (χ3n) is 1.62. The van der Waals surface area contributed by atoms with E-state index >= 15 is 0 Å². The monoisotopic (exact) mass is 262 g/mol. The molecule has 0 amide bonds. The normalized spacial score (nSPS) is 12.2. The van der Waals surface area contributed by atoms with Crippen LogP contribution in [0.4, 0.5) is 0 Å². The summed E-state index contributed by atoms with van der Waals surface area (Å²) in [4.78, 5) is 0. The molecule has 0 N–H and O–H groups in total. The van der Waals surface area contributed by atoms with E-state index in [1.54, 1.807) is 0 Å². The highest BCUT2D eigenvalue weighted by Gasteiger charge is 2.25. The molecule has 0 heterocycles. The third-order valence-corrected chi connectivity index (χ3v) is 7.35. The Hall–Kier alpha value is -0.143. The van der Waals surface area contributed by atoms with Gasteiger partial charge in [0.25, 0.3) is 0 Å². The molecule has 6 heteroatoms. The van der Waals surface area contributed by atoms with Crippen molar-refractivity contribution in [3.63, 3.8) is 0 Å². The second-order valence-corrected chi connectivity index (χ2v) is 11.8. The molecule has 0 aromatic carbocycles. The Kier molecular flexibility index (Phi) is 7.17. The van der Waals surface area contributed by atoms with Crippen LogP contribution in [0.5, 0.6) is 0 Å². The summed E-state index contributed by atoms with van der Waals surface area (Å²) in [5, 5.41) is 8.69. The van der Waals surface area contributed by atoms with E-state index in [2.05, 4.69) is 25.7 Å². The van der Waals surface area contributed by atoms with E-state index in [0.29, 0.717) is 25.8 Å². The van der Waals surface area contributed by atoms with E-state index in [0.717, 1.165) is 0 Å². The first-order chi connectivity index (χ1) is 7.39. The van der Waals surface area contributed by atoms with Crippen molar-refractivity contribution in [1.29, 1.82) is 5.26 Å². The maximum atomic E-state index is 8.69. The molecule has 0 saturated heterocycles. The van der Waals surface area contributed by atoms with Gasteiger partial charge >= 0.3 is 0 Å². The summed E-state index contributed by atoms with van der Waals surface area (Å²) in [6.07, 6.45) is 1.07. The van der Waals surface area contributed by atoms with Gasteiger partial charge in [-0.25, -0.2) is 0 Å². The lowest BCUT2D eigenvalue weighted by Gasteiger charge is -2.26. The highest BCUT2D eigenvalue weighted by atomic mass is 31.2. The van der Waals surface area contributed by atoms with Crippen LogP contribution in [-0.2, 0) is 9.05 Å². The highest BCUT2D eigenvalue weighted by Crippen LogP contribution is 2.53. The summed E-state index contributed by atoms with van der Waals surface area (Å²) in [7, 11) is -3.77. The maximum Gasteiger partial charge on any atom is 0.204 e. The van der Waals surface area contributed by atoms with E-state index in [9.17, 15) is 0 Å². The molecular formula is C10H23N2O2PSi. The first-order valence-corrected chi connectivity index (χ1v) is 10.9. The predicted molar refractivity (Wildman–Crippen MR) is 71.0 cm³/mol. The van der Waals surface area contributed by atoms with Gasteiger partial charge < -0.3 is 9.05 Å². The minimum atomic E-state index is -2.17. The van der Waals surface area contributed by atoms with Gasteiger partial charge in [0.05, 0.1) is 19.3 Å². The second kappa shape index (κ2) is 7.23. The van der Waals surface area contributed by atoms with Crippen molar-refractivity contribution in [2.45, 2.75) is 39.9 Å². The van der Waals surface area contributed by atoms with Crippen LogP contribution in [0.1, 0.15) is 20.3 Å². The topological polar surface area (TPSA) is 54.6 Å². The zero-order valence-electron chi connectivity index (χ0n) is 11.0. The Morgan fingerprint density at radius 2 is 1.69 bits per heavy atom. The molecule has 0 unspecified atom stereocenters. The van der Waals surface area contributed by atoms with Gasteiger partial charge in [-0.3, -0.25) is 4.41 Å². The third kappa shape index (κ3) is 6.44. The zero-order valence-corrected chi connectivity index (χ0v) is 12.9. The number of nitrogens with zero attached hydrogens (tertiary/aromatic N) is 2. The quantitative estimate of drug-likeness (QED) is 0.517. The van der Waals surface area contributed by atoms with Crippen molar-refractivity contribution < 1.29 is 9.05 Å². The average Bonchev–Trinajstić information content (AvgIpc) is 2.13. The Labute approximate surface area is 100 Å². The van der Waals surface area contributed by atoms with Crippen LogP contribution in [-0.4, -0.2) is 27.6 Å². The molecule has 0 spiro atoms. The van der Waals surface area contributed by atoms with Crippen LogP contribution in [0.15, 0.2) is 4.41 Å². The fourth-order valence-corrected chi connectivity index (χ4v) is 7.37.